The molecule has 0 aromatic heterocycles. The molecule has 8 nitrogen and oxygen atoms in total. The van der Waals surface area contributed by atoms with Crippen molar-refractivity contribution in [1.29, 1.82) is 0 Å². The average molecular weight is 402 g/mol. The molecular formula is C21H30N4O4. The van der Waals surface area contributed by atoms with Crippen LogP contribution in [0.3, 0.4) is 0 Å². The van der Waals surface area contributed by atoms with Crippen LogP contribution >= 0.6 is 0 Å². The molecule has 0 bridgehead atoms. The number of nitrogens with zero attached hydrogens (tertiary/aromatic N) is 2. The summed E-state index contributed by atoms with van der Waals surface area (Å²) in [5, 5.41) is 3.35. The maximum atomic E-state index is 12.8. The lowest BCUT2D eigenvalue weighted by atomic mass is 9.92. The molecule has 0 spiro atoms. The van der Waals surface area contributed by atoms with Gasteiger partial charge in [-0.25, -0.2) is 4.79 Å². The first-order valence-corrected chi connectivity index (χ1v) is 10.1. The SMILES string of the molecule is CCCN(CCC)C(=O)CCCC(=O)NN1C(=O)NC(C)(c2ccccc2)C1=O. The van der Waals surface area contributed by atoms with Crippen molar-refractivity contribution < 1.29 is 19.2 Å². The molecule has 1 aliphatic heterocycles. The second kappa shape index (κ2) is 10.0. The number of carbonyl (C=O) groups excluding carboxylic acids is 4. The molecule has 2 rings (SSSR count). The molecule has 5 amide bonds. The van der Waals surface area contributed by atoms with Gasteiger partial charge in [0.1, 0.15) is 5.54 Å². The largest absolute Gasteiger partial charge is 0.344 e. The van der Waals surface area contributed by atoms with Crippen LogP contribution in [0, 0.1) is 0 Å². The van der Waals surface area contributed by atoms with Crippen LogP contribution < -0.4 is 10.7 Å². The molecule has 1 atom stereocenters. The highest BCUT2D eigenvalue weighted by molar-refractivity contribution is 6.08. The zero-order valence-corrected chi connectivity index (χ0v) is 17.4. The zero-order valence-electron chi connectivity index (χ0n) is 17.4. The molecule has 29 heavy (non-hydrogen) atoms. The lowest BCUT2D eigenvalue weighted by Crippen LogP contribution is -2.47. The first kappa shape index (κ1) is 22.4. The average Bonchev–Trinajstić information content (AvgIpc) is 2.92. The second-order valence-electron chi connectivity index (χ2n) is 7.33. The van der Waals surface area contributed by atoms with Crippen LogP contribution in [0.5, 0.6) is 0 Å². The van der Waals surface area contributed by atoms with E-state index in [0.29, 0.717) is 25.1 Å². The Morgan fingerprint density at radius 3 is 2.28 bits per heavy atom. The van der Waals surface area contributed by atoms with Crippen molar-refractivity contribution >= 4 is 23.8 Å². The summed E-state index contributed by atoms with van der Waals surface area (Å²) < 4.78 is 0. The van der Waals surface area contributed by atoms with Crippen LogP contribution in [-0.2, 0) is 19.9 Å². The van der Waals surface area contributed by atoms with Crippen LogP contribution in [0.1, 0.15) is 58.4 Å². The van der Waals surface area contributed by atoms with Gasteiger partial charge < -0.3 is 10.2 Å². The summed E-state index contributed by atoms with van der Waals surface area (Å²) in [4.78, 5) is 51.3. The third-order valence-corrected chi connectivity index (χ3v) is 4.91. The van der Waals surface area contributed by atoms with Gasteiger partial charge in [-0.15, -0.1) is 0 Å². The summed E-state index contributed by atoms with van der Waals surface area (Å²) >= 11 is 0. The summed E-state index contributed by atoms with van der Waals surface area (Å²) in [6.45, 7) is 7.05. The van der Waals surface area contributed by atoms with Crippen molar-refractivity contribution in [2.75, 3.05) is 13.1 Å². The molecule has 0 aliphatic carbocycles. The van der Waals surface area contributed by atoms with Gasteiger partial charge in [-0.2, -0.15) is 5.01 Å². The summed E-state index contributed by atoms with van der Waals surface area (Å²) in [6, 6.07) is 8.18. The highest BCUT2D eigenvalue weighted by Gasteiger charge is 2.49. The van der Waals surface area contributed by atoms with Gasteiger partial charge in [0.25, 0.3) is 5.91 Å². The maximum Gasteiger partial charge on any atom is 0.344 e. The predicted molar refractivity (Wildman–Crippen MR) is 108 cm³/mol. The molecule has 1 fully saturated rings. The molecule has 0 radical (unpaired) electrons. The van der Waals surface area contributed by atoms with E-state index < -0.39 is 23.4 Å². The standard InChI is InChI=1S/C21H30N4O4/c1-4-14-24(15-5-2)18(27)13-9-12-17(26)23-25-19(28)21(3,22-20(25)29)16-10-7-6-8-11-16/h6-8,10-11H,4-5,9,12-15H2,1-3H3,(H,22,29)(H,23,26). The molecule has 158 valence electrons. The van der Waals surface area contributed by atoms with Gasteiger partial charge in [0, 0.05) is 25.9 Å². The fraction of sp³-hybridized carbons (Fsp3) is 0.524. The maximum absolute atomic E-state index is 12.8. The van der Waals surface area contributed by atoms with Gasteiger partial charge in [-0.05, 0) is 31.7 Å². The summed E-state index contributed by atoms with van der Waals surface area (Å²) in [6.07, 6.45) is 2.44. The third kappa shape index (κ3) is 5.34. The molecular weight excluding hydrogens is 372 g/mol. The smallest absolute Gasteiger partial charge is 0.343 e. The van der Waals surface area contributed by atoms with E-state index >= 15 is 0 Å². The Morgan fingerprint density at radius 2 is 1.69 bits per heavy atom. The van der Waals surface area contributed by atoms with Crippen molar-refractivity contribution in [3.05, 3.63) is 35.9 Å². The van der Waals surface area contributed by atoms with E-state index in [1.807, 2.05) is 19.9 Å². The van der Waals surface area contributed by atoms with E-state index in [4.69, 9.17) is 0 Å². The van der Waals surface area contributed by atoms with Gasteiger partial charge in [-0.1, -0.05) is 44.2 Å². The van der Waals surface area contributed by atoms with Crippen molar-refractivity contribution in [2.24, 2.45) is 0 Å². The van der Waals surface area contributed by atoms with E-state index in [-0.39, 0.29) is 18.7 Å². The minimum absolute atomic E-state index is 0.0214. The minimum atomic E-state index is -1.23. The zero-order chi connectivity index (χ0) is 21.4. The summed E-state index contributed by atoms with van der Waals surface area (Å²) in [7, 11) is 0. The Balaban J connectivity index is 1.88. The third-order valence-electron chi connectivity index (χ3n) is 4.91. The number of urea groups is 1. The first-order valence-electron chi connectivity index (χ1n) is 10.1. The lowest BCUT2D eigenvalue weighted by Gasteiger charge is -2.22. The van der Waals surface area contributed by atoms with Gasteiger partial charge in [0.05, 0.1) is 0 Å². The predicted octanol–water partition coefficient (Wildman–Crippen LogP) is 2.30. The molecule has 1 unspecified atom stereocenters. The molecule has 1 heterocycles. The number of benzene rings is 1. The summed E-state index contributed by atoms with van der Waals surface area (Å²) in [5.74, 6) is -1.00. The Morgan fingerprint density at radius 1 is 1.07 bits per heavy atom. The number of carbonyl (C=O) groups is 4. The molecule has 2 N–H and O–H groups in total. The number of hydrogen-bond acceptors (Lipinski definition) is 4. The number of hydrazine groups is 1. The van der Waals surface area contributed by atoms with Gasteiger partial charge in [0.2, 0.25) is 11.8 Å². The minimum Gasteiger partial charge on any atom is -0.343 e. The van der Waals surface area contributed by atoms with E-state index in [1.54, 1.807) is 36.1 Å². The van der Waals surface area contributed by atoms with Crippen molar-refractivity contribution in [2.45, 2.75) is 58.4 Å². The second-order valence-corrected chi connectivity index (χ2v) is 7.33. The number of nitrogens with one attached hydrogen (secondary N) is 2. The van der Waals surface area contributed by atoms with E-state index in [0.717, 1.165) is 17.9 Å². The van der Waals surface area contributed by atoms with Crippen LogP contribution in [0.4, 0.5) is 4.79 Å². The summed E-state index contributed by atoms with van der Waals surface area (Å²) in [5.41, 5.74) is 1.76. The van der Waals surface area contributed by atoms with Crippen molar-refractivity contribution in [3.8, 4) is 0 Å². The lowest BCUT2D eigenvalue weighted by molar-refractivity contribution is -0.139. The van der Waals surface area contributed by atoms with E-state index in [1.165, 1.54) is 0 Å². The fourth-order valence-corrected chi connectivity index (χ4v) is 3.35. The van der Waals surface area contributed by atoms with Crippen molar-refractivity contribution in [3.63, 3.8) is 0 Å². The number of amides is 5. The van der Waals surface area contributed by atoms with E-state index in [2.05, 4.69) is 10.7 Å². The highest BCUT2D eigenvalue weighted by Crippen LogP contribution is 2.27. The normalized spacial score (nSPS) is 18.5. The Bertz CT molecular complexity index is 746. The highest BCUT2D eigenvalue weighted by atomic mass is 16.2. The number of rotatable bonds is 10. The van der Waals surface area contributed by atoms with Crippen LogP contribution in [0.15, 0.2) is 30.3 Å². The first-order chi connectivity index (χ1) is 13.8. The van der Waals surface area contributed by atoms with E-state index in [9.17, 15) is 19.2 Å². The number of imide groups is 1. The van der Waals surface area contributed by atoms with Crippen LogP contribution in [0.2, 0.25) is 0 Å². The molecule has 1 aromatic rings. The molecule has 0 saturated carbocycles. The Hall–Kier alpha value is -2.90. The monoisotopic (exact) mass is 402 g/mol. The molecule has 1 aliphatic rings. The molecule has 8 heteroatoms. The quantitative estimate of drug-likeness (QED) is 0.587. The van der Waals surface area contributed by atoms with Crippen molar-refractivity contribution in [1.82, 2.24) is 20.7 Å². The molecule has 1 saturated heterocycles. The van der Waals surface area contributed by atoms with Gasteiger partial charge in [-0.3, -0.25) is 19.8 Å². The Labute approximate surface area is 171 Å². The number of hydrogen-bond donors (Lipinski definition) is 2. The van der Waals surface area contributed by atoms with Gasteiger partial charge in [0.15, 0.2) is 0 Å². The van der Waals surface area contributed by atoms with Gasteiger partial charge >= 0.3 is 6.03 Å². The van der Waals surface area contributed by atoms with Crippen LogP contribution in [-0.4, -0.2) is 46.8 Å². The Kier molecular flexibility index (Phi) is 7.75. The fourth-order valence-electron chi connectivity index (χ4n) is 3.35. The molecule has 1 aromatic carbocycles. The topological polar surface area (TPSA) is 98.8 Å². The van der Waals surface area contributed by atoms with Crippen LogP contribution in [0.25, 0.3) is 0 Å².